The Morgan fingerprint density at radius 2 is 0.714 bits per heavy atom. The van der Waals surface area contributed by atoms with Gasteiger partial charge in [0.2, 0.25) is 0 Å². The Morgan fingerprint density at radius 1 is 0.714 bits per heavy atom. The van der Waals surface area contributed by atoms with E-state index in [1.807, 2.05) is 0 Å². The average Bonchev–Trinajstić information content (AvgIpc) is 0. The molecule has 2 radical (unpaired) electrons. The Morgan fingerprint density at radius 3 is 0.714 bits per heavy atom. The molecule has 0 aliphatic carbocycles. The number of rotatable bonds is 0. The largest absolute Gasteiger partial charge is 0.147 e. The first-order valence-electron chi connectivity index (χ1n) is 0. The molecule has 0 N–H and O–H groups in total. The van der Waals surface area contributed by atoms with Crippen LogP contribution in [0.25, 0.3) is 0 Å². The maximum absolute atomic E-state index is 0. The summed E-state index contributed by atoms with van der Waals surface area (Å²) in [5.41, 5.74) is 0. The first kappa shape index (κ1) is 52.6. The first-order chi connectivity index (χ1) is 0. The molecule has 0 aromatic rings. The van der Waals surface area contributed by atoms with Gasteiger partial charge in [0, 0.05) is 150 Å². The third-order valence-corrected chi connectivity index (χ3v) is 0. The zero-order chi connectivity index (χ0) is 0. The molecule has 0 spiro atoms. The maximum atomic E-state index is 0. The van der Waals surface area contributed by atoms with Gasteiger partial charge in [-0.2, -0.15) is 0 Å². The van der Waals surface area contributed by atoms with E-state index in [9.17, 15) is 0 Å². The summed E-state index contributed by atoms with van der Waals surface area (Å²) in [4.78, 5) is 0. The third-order valence-electron chi connectivity index (χ3n) is 0. The van der Waals surface area contributed by atoms with Crippen LogP contribution in [0.1, 0.15) is 0 Å². The molecule has 0 unspecified atom stereocenters. The van der Waals surface area contributed by atoms with Gasteiger partial charge in [-0.3, -0.25) is 0 Å². The smallest absolute Gasteiger partial charge is 0 e. The van der Waals surface area contributed by atoms with E-state index >= 15 is 0 Å². The maximum Gasteiger partial charge on any atom is 0 e. The fourth-order valence-corrected chi connectivity index (χ4v) is 0. The minimum absolute atomic E-state index is 0. The summed E-state index contributed by atoms with van der Waals surface area (Å²) in [6.45, 7) is 0. The van der Waals surface area contributed by atoms with Crippen molar-refractivity contribution < 1.29 is 150 Å². The summed E-state index contributed by atoms with van der Waals surface area (Å²) >= 11 is 0. The molecule has 0 atom stereocenters. The van der Waals surface area contributed by atoms with E-state index in [4.69, 9.17) is 0 Å². The molecule has 70 valence electrons. The first-order valence-corrected chi connectivity index (χ1v) is 0. The van der Waals surface area contributed by atoms with Crippen molar-refractivity contribution in [2.45, 2.75) is 0 Å². The zero-order valence-electron chi connectivity index (χ0n) is 2.41. The van der Waals surface area contributed by atoms with Crippen LogP contribution in [0.2, 0.25) is 0 Å². The van der Waals surface area contributed by atoms with Gasteiger partial charge in [0.05, 0.1) is 0 Å². The molecular formula is H3Cl3DyErHoTm. The van der Waals surface area contributed by atoms with Crippen molar-refractivity contribution in [3.63, 3.8) is 0 Å². The standard InChI is InChI=1S/3ClH.Dy.Er.Ho.Tm/h3*1H;;;;. The molecule has 7 heavy (non-hydrogen) atoms. The fourth-order valence-electron chi connectivity index (χ4n) is 0. The summed E-state index contributed by atoms with van der Waals surface area (Å²) in [5, 5.41) is 0. The minimum atomic E-state index is 0. The quantitative estimate of drug-likeness (QED) is 0.326. The van der Waals surface area contributed by atoms with E-state index in [0.717, 1.165) is 0 Å². The van der Waals surface area contributed by atoms with E-state index in [0.29, 0.717) is 0 Å². The molecule has 0 saturated heterocycles. The molecule has 0 heterocycles. The fraction of sp³-hybridized carbons (Fsp3) is 0. The van der Waals surface area contributed by atoms with Crippen molar-refractivity contribution in [2.24, 2.45) is 0 Å². The van der Waals surface area contributed by atoms with Crippen LogP contribution in [-0.2, 0) is 0 Å². The van der Waals surface area contributed by atoms with E-state index in [2.05, 4.69) is 0 Å². The monoisotopic (exact) mass is 772 g/mol. The molecule has 0 aliphatic rings. The van der Waals surface area contributed by atoms with E-state index in [-0.39, 0.29) is 187 Å². The van der Waals surface area contributed by atoms with Gasteiger partial charge in [0.1, 0.15) is 0 Å². The Kier molecular flexibility index (Phi) is 305. The summed E-state index contributed by atoms with van der Waals surface area (Å²) < 4.78 is 0. The minimum Gasteiger partial charge on any atom is -0.147 e. The van der Waals surface area contributed by atoms with Crippen molar-refractivity contribution >= 4 is 37.2 Å². The van der Waals surface area contributed by atoms with Crippen molar-refractivity contribution in [2.75, 3.05) is 0 Å². The Bertz CT molecular complexity index is 14.9. The van der Waals surface area contributed by atoms with Gasteiger partial charge in [-0.25, -0.2) is 0 Å². The van der Waals surface area contributed by atoms with E-state index in [1.54, 1.807) is 0 Å². The Labute approximate surface area is 181 Å². The number of hydrogen-bond donors (Lipinski definition) is 0. The van der Waals surface area contributed by atoms with Crippen molar-refractivity contribution in [3.05, 3.63) is 0 Å². The second kappa shape index (κ2) is 40.7. The molecule has 0 nitrogen and oxygen atoms in total. The second-order valence-corrected chi connectivity index (χ2v) is 0. The molecule has 0 aromatic carbocycles. The van der Waals surface area contributed by atoms with Gasteiger partial charge in [-0.15, -0.1) is 37.2 Å². The van der Waals surface area contributed by atoms with Crippen LogP contribution >= 0.6 is 37.2 Å². The summed E-state index contributed by atoms with van der Waals surface area (Å²) in [6.07, 6.45) is 0. The summed E-state index contributed by atoms with van der Waals surface area (Å²) in [6, 6.07) is 0. The van der Waals surface area contributed by atoms with Gasteiger partial charge in [0.25, 0.3) is 0 Å². The predicted octanol–water partition coefficient (Wildman–Crippen LogP) is 1.27. The third kappa shape index (κ3) is 33.5. The van der Waals surface area contributed by atoms with Gasteiger partial charge < -0.3 is 0 Å². The van der Waals surface area contributed by atoms with Gasteiger partial charge in [-0.05, 0) is 0 Å². The van der Waals surface area contributed by atoms with Crippen LogP contribution in [0, 0.1) is 150 Å². The van der Waals surface area contributed by atoms with Crippen LogP contribution in [0.4, 0.5) is 0 Å². The molecule has 0 saturated carbocycles. The topological polar surface area (TPSA) is 0 Å². The van der Waals surface area contributed by atoms with Crippen LogP contribution < -0.4 is 0 Å². The predicted molar refractivity (Wildman–Crippen MR) is 21.7 cm³/mol. The molecule has 0 amide bonds. The van der Waals surface area contributed by atoms with Crippen LogP contribution in [0.15, 0.2) is 0 Å². The van der Waals surface area contributed by atoms with Gasteiger partial charge >= 0.3 is 0 Å². The normalized spacial score (nSPS) is 0. The molecule has 0 aromatic heterocycles. The van der Waals surface area contributed by atoms with Crippen LogP contribution in [0.3, 0.4) is 0 Å². The Balaban J connectivity index is 0. The molecule has 0 aliphatic heterocycles. The van der Waals surface area contributed by atoms with Crippen molar-refractivity contribution in [1.82, 2.24) is 0 Å². The number of hydrogen-bond acceptors (Lipinski definition) is 0. The van der Waals surface area contributed by atoms with E-state index < -0.39 is 0 Å². The SMILES string of the molecule is Cl.Cl.Cl.[Dy].[Er].[Ho].[Tm]. The zero-order valence-corrected chi connectivity index (χ0v) is 12.5. The van der Waals surface area contributed by atoms with Crippen LogP contribution in [0.5, 0.6) is 0 Å². The van der Waals surface area contributed by atoms with Gasteiger partial charge in [0.15, 0.2) is 0 Å². The van der Waals surface area contributed by atoms with Gasteiger partial charge in [-0.1, -0.05) is 0 Å². The van der Waals surface area contributed by atoms with Crippen molar-refractivity contribution in [1.29, 1.82) is 0 Å². The Hall–Kier alpha value is 5.88. The molecule has 0 fully saturated rings. The van der Waals surface area contributed by atoms with Crippen LogP contribution in [-0.4, -0.2) is 0 Å². The molecule has 0 rings (SSSR count). The number of halogens is 3. The second-order valence-electron chi connectivity index (χ2n) is 0. The molecule has 0 bridgehead atoms. The summed E-state index contributed by atoms with van der Waals surface area (Å²) in [7, 11) is 0. The molecular weight excluding hydrogens is 770 g/mol. The van der Waals surface area contributed by atoms with E-state index in [1.165, 1.54) is 0 Å². The molecule has 7 heteroatoms. The summed E-state index contributed by atoms with van der Waals surface area (Å²) in [5.74, 6) is 0. The average molecular weight is 773 g/mol. The van der Waals surface area contributed by atoms with Crippen molar-refractivity contribution in [3.8, 4) is 0 Å².